The maximum atomic E-state index is 12.4. The fraction of sp³-hybridized carbons (Fsp3) is 0.176. The van der Waals surface area contributed by atoms with E-state index in [4.69, 9.17) is 0 Å². The minimum Gasteiger partial charge on any atom is -0.326 e. The van der Waals surface area contributed by atoms with Crippen LogP contribution in [0.4, 0.5) is 11.4 Å². The van der Waals surface area contributed by atoms with Crippen molar-refractivity contribution < 1.29 is 22.9 Å². The summed E-state index contributed by atoms with van der Waals surface area (Å²) >= 11 is 0. The minimum atomic E-state index is -3.96. The number of nitrogens with zero attached hydrogens (tertiary/aromatic N) is 2. The fourth-order valence-electron chi connectivity index (χ4n) is 2.77. The van der Waals surface area contributed by atoms with Crippen LogP contribution in [0.2, 0.25) is 0 Å². The van der Waals surface area contributed by atoms with Crippen molar-refractivity contribution in [1.82, 2.24) is 4.31 Å². The van der Waals surface area contributed by atoms with Crippen LogP contribution in [0.15, 0.2) is 47.4 Å². The summed E-state index contributed by atoms with van der Waals surface area (Å²) in [5.74, 6) is -1.17. The van der Waals surface area contributed by atoms with Gasteiger partial charge in [-0.25, -0.2) is 12.7 Å². The van der Waals surface area contributed by atoms with Gasteiger partial charge in [-0.1, -0.05) is 12.1 Å². The van der Waals surface area contributed by atoms with E-state index in [0.29, 0.717) is 15.6 Å². The van der Waals surface area contributed by atoms with E-state index < -0.39 is 26.8 Å². The predicted molar refractivity (Wildman–Crippen MR) is 95.7 cm³/mol. The molecular weight excluding hydrogens is 374 g/mol. The first kappa shape index (κ1) is 18.5. The number of non-ortho nitro benzene ring substituents is 1. The number of nitrogens with one attached hydrogen (secondary N) is 1. The molecule has 3 rings (SSSR count). The summed E-state index contributed by atoms with van der Waals surface area (Å²) in [6, 6.07) is 9.85. The summed E-state index contributed by atoms with van der Waals surface area (Å²) in [7, 11) is -3.96. The van der Waals surface area contributed by atoms with E-state index in [1.54, 1.807) is 13.0 Å². The van der Waals surface area contributed by atoms with Crippen LogP contribution in [0, 0.1) is 17.0 Å². The number of hydrogen-bond acceptors (Lipinski definition) is 6. The average molecular weight is 389 g/mol. The third kappa shape index (κ3) is 3.38. The quantitative estimate of drug-likeness (QED) is 0.616. The van der Waals surface area contributed by atoms with E-state index in [1.165, 1.54) is 36.4 Å². The van der Waals surface area contributed by atoms with E-state index in [2.05, 4.69) is 5.32 Å². The SMILES string of the molecule is Cc1cc([N+](=O)[O-])ccc1NC(=O)CCN1C(=O)c2ccccc2S1(=O)=O. The Kier molecular flexibility index (Phi) is 4.66. The molecule has 9 nitrogen and oxygen atoms in total. The van der Waals surface area contributed by atoms with Gasteiger partial charge in [0.15, 0.2) is 0 Å². The number of hydrogen-bond donors (Lipinski definition) is 1. The number of carbonyl (C=O) groups is 2. The summed E-state index contributed by atoms with van der Waals surface area (Å²) in [6.07, 6.45) is -0.241. The van der Waals surface area contributed by atoms with Crippen LogP contribution in [0.5, 0.6) is 0 Å². The number of nitro groups is 1. The lowest BCUT2D eigenvalue weighted by Crippen LogP contribution is -2.33. The van der Waals surface area contributed by atoms with Gasteiger partial charge in [-0.05, 0) is 30.7 Å². The Balaban J connectivity index is 1.69. The van der Waals surface area contributed by atoms with Gasteiger partial charge in [0.25, 0.3) is 21.6 Å². The number of rotatable bonds is 5. The molecule has 1 aliphatic rings. The third-order valence-electron chi connectivity index (χ3n) is 4.15. The number of fused-ring (bicyclic) bond motifs is 1. The molecule has 2 amide bonds. The number of carbonyl (C=O) groups excluding carboxylic acids is 2. The molecule has 0 saturated heterocycles. The maximum absolute atomic E-state index is 12.4. The Morgan fingerprint density at radius 1 is 1.22 bits per heavy atom. The number of nitro benzene ring substituents is 1. The molecule has 0 fully saturated rings. The topological polar surface area (TPSA) is 127 Å². The van der Waals surface area contributed by atoms with E-state index in [1.807, 2.05) is 0 Å². The van der Waals surface area contributed by atoms with Gasteiger partial charge in [0.05, 0.1) is 10.5 Å². The number of aryl methyl sites for hydroxylation is 1. The van der Waals surface area contributed by atoms with Gasteiger partial charge in [-0.3, -0.25) is 19.7 Å². The van der Waals surface area contributed by atoms with Gasteiger partial charge in [0.2, 0.25) is 5.91 Å². The highest BCUT2D eigenvalue weighted by Gasteiger charge is 2.40. The Bertz CT molecular complexity index is 1060. The van der Waals surface area contributed by atoms with Crippen LogP contribution in [0.3, 0.4) is 0 Å². The molecule has 2 aromatic rings. The first-order valence-corrected chi connectivity index (χ1v) is 9.37. The second-order valence-corrected chi connectivity index (χ2v) is 7.76. The molecule has 2 aromatic carbocycles. The monoisotopic (exact) mass is 389 g/mol. The van der Waals surface area contributed by atoms with Crippen LogP contribution in [0.25, 0.3) is 0 Å². The second-order valence-electron chi connectivity index (χ2n) is 5.93. The zero-order chi connectivity index (χ0) is 19.8. The van der Waals surface area contributed by atoms with Gasteiger partial charge < -0.3 is 5.32 Å². The third-order valence-corrected chi connectivity index (χ3v) is 5.99. The number of anilines is 1. The zero-order valence-corrected chi connectivity index (χ0v) is 15.0. The number of benzene rings is 2. The molecule has 0 unspecified atom stereocenters. The van der Waals surface area contributed by atoms with Crippen LogP contribution >= 0.6 is 0 Å². The van der Waals surface area contributed by atoms with Crippen molar-refractivity contribution in [2.75, 3.05) is 11.9 Å². The average Bonchev–Trinajstić information content (AvgIpc) is 2.81. The highest BCUT2D eigenvalue weighted by molar-refractivity contribution is 7.90. The molecule has 1 N–H and O–H groups in total. The fourth-order valence-corrected chi connectivity index (χ4v) is 4.34. The largest absolute Gasteiger partial charge is 0.326 e. The van der Waals surface area contributed by atoms with Crippen LogP contribution < -0.4 is 5.32 Å². The van der Waals surface area contributed by atoms with E-state index in [0.717, 1.165) is 0 Å². The van der Waals surface area contributed by atoms with Crippen LogP contribution in [-0.2, 0) is 14.8 Å². The lowest BCUT2D eigenvalue weighted by molar-refractivity contribution is -0.384. The molecule has 0 radical (unpaired) electrons. The second kappa shape index (κ2) is 6.80. The number of sulfonamides is 1. The van der Waals surface area contributed by atoms with Crippen molar-refractivity contribution in [2.24, 2.45) is 0 Å². The van der Waals surface area contributed by atoms with Crippen molar-refractivity contribution in [2.45, 2.75) is 18.2 Å². The summed E-state index contributed by atoms with van der Waals surface area (Å²) in [4.78, 5) is 34.6. The molecule has 0 saturated carbocycles. The maximum Gasteiger partial charge on any atom is 0.269 e. The summed E-state index contributed by atoms with van der Waals surface area (Å²) in [5.41, 5.74) is 0.862. The lowest BCUT2D eigenvalue weighted by Gasteiger charge is -2.15. The zero-order valence-electron chi connectivity index (χ0n) is 14.2. The van der Waals surface area contributed by atoms with Gasteiger partial charge in [0, 0.05) is 30.8 Å². The molecule has 0 atom stereocenters. The Labute approximate surface area is 154 Å². The first-order valence-electron chi connectivity index (χ1n) is 7.93. The normalized spacial score (nSPS) is 14.7. The van der Waals surface area contributed by atoms with Crippen molar-refractivity contribution >= 4 is 33.2 Å². The van der Waals surface area contributed by atoms with Crippen LogP contribution in [-0.4, -0.2) is 36.0 Å². The molecule has 0 spiro atoms. The highest BCUT2D eigenvalue weighted by Crippen LogP contribution is 2.30. The van der Waals surface area contributed by atoms with Crippen molar-refractivity contribution in [3.63, 3.8) is 0 Å². The van der Waals surface area contributed by atoms with E-state index >= 15 is 0 Å². The first-order chi connectivity index (χ1) is 12.7. The van der Waals surface area contributed by atoms with Gasteiger partial charge in [-0.2, -0.15) is 0 Å². The molecule has 0 aromatic heterocycles. The molecule has 27 heavy (non-hydrogen) atoms. The van der Waals surface area contributed by atoms with Crippen molar-refractivity contribution in [3.05, 3.63) is 63.7 Å². The Morgan fingerprint density at radius 3 is 2.56 bits per heavy atom. The molecule has 0 aliphatic carbocycles. The van der Waals surface area contributed by atoms with Crippen molar-refractivity contribution in [1.29, 1.82) is 0 Å². The standard InChI is InChI=1S/C17H15N3O6S/c1-11-10-12(20(23)24)6-7-14(11)18-16(21)8-9-19-17(22)13-4-2-3-5-15(13)27(19,25)26/h2-7,10H,8-9H2,1H3,(H,18,21). The molecule has 1 heterocycles. The minimum absolute atomic E-state index is 0.0679. The van der Waals surface area contributed by atoms with Gasteiger partial charge in [0.1, 0.15) is 4.90 Å². The number of amides is 2. The summed E-state index contributed by atoms with van der Waals surface area (Å²) in [5, 5.41) is 13.3. The highest BCUT2D eigenvalue weighted by atomic mass is 32.2. The molecule has 10 heteroatoms. The Hall–Kier alpha value is -3.27. The molecule has 1 aliphatic heterocycles. The smallest absolute Gasteiger partial charge is 0.269 e. The van der Waals surface area contributed by atoms with E-state index in [-0.39, 0.29) is 29.1 Å². The van der Waals surface area contributed by atoms with Crippen molar-refractivity contribution in [3.8, 4) is 0 Å². The van der Waals surface area contributed by atoms with Gasteiger partial charge in [-0.15, -0.1) is 0 Å². The lowest BCUT2D eigenvalue weighted by atomic mass is 10.1. The summed E-state index contributed by atoms with van der Waals surface area (Å²) < 4.78 is 25.5. The molecule has 140 valence electrons. The summed E-state index contributed by atoms with van der Waals surface area (Å²) in [6.45, 7) is 1.31. The predicted octanol–water partition coefficient (Wildman–Crippen LogP) is 2.08. The van der Waals surface area contributed by atoms with Gasteiger partial charge >= 0.3 is 0 Å². The van der Waals surface area contributed by atoms with E-state index in [9.17, 15) is 28.1 Å². The Morgan fingerprint density at radius 2 is 1.93 bits per heavy atom. The van der Waals surface area contributed by atoms with Crippen LogP contribution in [0.1, 0.15) is 22.3 Å². The molecule has 0 bridgehead atoms. The molecular formula is C17H15N3O6S.